The van der Waals surface area contributed by atoms with E-state index in [1.807, 2.05) is 0 Å². The Balaban J connectivity index is 1.63. The maximum atomic E-state index is 2.49. The predicted molar refractivity (Wildman–Crippen MR) is 97.9 cm³/mol. The lowest BCUT2D eigenvalue weighted by molar-refractivity contribution is 1.19. The number of benzene rings is 2. The summed E-state index contributed by atoms with van der Waals surface area (Å²) >= 11 is 6.19. The minimum Gasteiger partial charge on any atom is -0.152 e. The predicted octanol–water partition coefficient (Wildman–Crippen LogP) is 5.61. The number of fused-ring (bicyclic) bond motifs is 3. The van der Waals surface area contributed by atoms with Crippen molar-refractivity contribution in [3.8, 4) is 0 Å². The number of hydrogen-bond donors (Lipinski definition) is 0. The van der Waals surface area contributed by atoms with E-state index in [2.05, 4.69) is 71.7 Å². The van der Waals surface area contributed by atoms with E-state index in [9.17, 15) is 0 Å². The third kappa shape index (κ3) is 3.01. The largest absolute Gasteiger partial charge is 0.152 e. The van der Waals surface area contributed by atoms with Crippen LogP contribution in [0.15, 0.2) is 36.4 Å². The molecule has 0 radical (unpaired) electrons. The quantitative estimate of drug-likeness (QED) is 0.616. The standard InChI is InChI=1S/C18H18S3/c1-2-4-14-8-20-10-16-6-18-12-21-11-17(18)5-15(16)9-19-7-13(14)3-1/h1-6H,7-12H2. The van der Waals surface area contributed by atoms with Crippen LogP contribution in [0.4, 0.5) is 0 Å². The van der Waals surface area contributed by atoms with Crippen molar-refractivity contribution in [1.82, 2.24) is 0 Å². The molecule has 2 aromatic carbocycles. The molecule has 2 heterocycles. The molecule has 2 aliphatic heterocycles. The minimum atomic E-state index is 1.14. The van der Waals surface area contributed by atoms with Crippen molar-refractivity contribution in [2.45, 2.75) is 34.5 Å². The molecule has 0 unspecified atom stereocenters. The van der Waals surface area contributed by atoms with Crippen LogP contribution >= 0.6 is 35.3 Å². The zero-order valence-corrected chi connectivity index (χ0v) is 14.4. The molecule has 2 aliphatic rings. The third-order valence-electron chi connectivity index (χ3n) is 4.19. The highest BCUT2D eigenvalue weighted by molar-refractivity contribution is 7.98. The molecule has 0 saturated carbocycles. The average molecular weight is 331 g/mol. The molecule has 0 nitrogen and oxygen atoms in total. The fraction of sp³-hybridized carbons (Fsp3) is 0.333. The van der Waals surface area contributed by atoms with Crippen molar-refractivity contribution in [2.75, 3.05) is 0 Å². The van der Waals surface area contributed by atoms with Crippen LogP contribution in [0.5, 0.6) is 0 Å². The van der Waals surface area contributed by atoms with Crippen LogP contribution in [0, 0.1) is 0 Å². The fourth-order valence-electron chi connectivity index (χ4n) is 2.98. The van der Waals surface area contributed by atoms with Crippen molar-refractivity contribution in [2.24, 2.45) is 0 Å². The van der Waals surface area contributed by atoms with E-state index in [0.29, 0.717) is 0 Å². The summed E-state index contributed by atoms with van der Waals surface area (Å²) in [5.74, 6) is 7.01. The summed E-state index contributed by atoms with van der Waals surface area (Å²) < 4.78 is 0. The Bertz CT molecular complexity index is 608. The summed E-state index contributed by atoms with van der Waals surface area (Å²) in [5.41, 5.74) is 9.37. The summed E-state index contributed by atoms with van der Waals surface area (Å²) in [5, 5.41) is 0. The van der Waals surface area contributed by atoms with Gasteiger partial charge < -0.3 is 0 Å². The first kappa shape index (κ1) is 14.1. The van der Waals surface area contributed by atoms with Gasteiger partial charge in [-0.3, -0.25) is 0 Å². The smallest absolute Gasteiger partial charge is 0.0191 e. The Morgan fingerprint density at radius 3 is 1.19 bits per heavy atom. The summed E-state index contributed by atoms with van der Waals surface area (Å²) in [7, 11) is 0. The van der Waals surface area contributed by atoms with E-state index in [-0.39, 0.29) is 0 Å². The van der Waals surface area contributed by atoms with Gasteiger partial charge in [0, 0.05) is 34.5 Å². The number of hydrogen-bond acceptors (Lipinski definition) is 3. The molecule has 21 heavy (non-hydrogen) atoms. The lowest BCUT2D eigenvalue weighted by atomic mass is 10.0. The summed E-state index contributed by atoms with van der Waals surface area (Å²) in [6.45, 7) is 0. The topological polar surface area (TPSA) is 0 Å². The second-order valence-electron chi connectivity index (χ2n) is 5.64. The van der Waals surface area contributed by atoms with Crippen molar-refractivity contribution in [1.29, 1.82) is 0 Å². The molecule has 0 fully saturated rings. The van der Waals surface area contributed by atoms with E-state index in [0.717, 1.165) is 23.0 Å². The van der Waals surface area contributed by atoms with Crippen molar-refractivity contribution >= 4 is 35.3 Å². The van der Waals surface area contributed by atoms with Gasteiger partial charge >= 0.3 is 0 Å². The fourth-order valence-corrected chi connectivity index (χ4v) is 6.24. The molecule has 0 N–H and O–H groups in total. The van der Waals surface area contributed by atoms with E-state index in [1.54, 1.807) is 22.3 Å². The van der Waals surface area contributed by atoms with Gasteiger partial charge in [0.25, 0.3) is 0 Å². The van der Waals surface area contributed by atoms with Crippen LogP contribution in [0.1, 0.15) is 33.4 Å². The molecule has 0 spiro atoms. The summed E-state index contributed by atoms with van der Waals surface area (Å²) in [4.78, 5) is 0. The molecule has 0 aliphatic carbocycles. The average Bonchev–Trinajstić information content (AvgIpc) is 2.96. The lowest BCUT2D eigenvalue weighted by Gasteiger charge is -2.16. The van der Waals surface area contributed by atoms with Gasteiger partial charge in [-0.1, -0.05) is 36.4 Å². The Morgan fingerprint density at radius 1 is 0.476 bits per heavy atom. The van der Waals surface area contributed by atoms with E-state index in [4.69, 9.17) is 0 Å². The Morgan fingerprint density at radius 2 is 0.810 bits per heavy atom. The molecule has 0 amide bonds. The maximum Gasteiger partial charge on any atom is 0.0191 e. The zero-order chi connectivity index (χ0) is 14.1. The van der Waals surface area contributed by atoms with Gasteiger partial charge in [0.15, 0.2) is 0 Å². The molecule has 0 saturated heterocycles. The highest BCUT2D eigenvalue weighted by Gasteiger charge is 2.16. The molecule has 0 bridgehead atoms. The summed E-state index contributed by atoms with van der Waals surface area (Å²) in [6, 6.07) is 13.9. The Hall–Kier alpha value is -0.510. The van der Waals surface area contributed by atoms with Crippen LogP contribution in [0.25, 0.3) is 0 Å². The maximum absolute atomic E-state index is 2.49. The Labute approximate surface area is 139 Å². The van der Waals surface area contributed by atoms with Crippen LogP contribution in [-0.4, -0.2) is 0 Å². The van der Waals surface area contributed by atoms with Crippen LogP contribution in [0.3, 0.4) is 0 Å². The highest BCUT2D eigenvalue weighted by Crippen LogP contribution is 2.36. The van der Waals surface area contributed by atoms with Gasteiger partial charge in [0.2, 0.25) is 0 Å². The highest BCUT2D eigenvalue weighted by atomic mass is 32.2. The van der Waals surface area contributed by atoms with Crippen molar-refractivity contribution in [3.05, 3.63) is 69.8 Å². The first-order chi connectivity index (χ1) is 10.4. The van der Waals surface area contributed by atoms with Crippen LogP contribution in [0.2, 0.25) is 0 Å². The van der Waals surface area contributed by atoms with Gasteiger partial charge in [-0.25, -0.2) is 0 Å². The molecular formula is C18H18S3. The van der Waals surface area contributed by atoms with Crippen LogP contribution < -0.4 is 0 Å². The molecular weight excluding hydrogens is 312 g/mol. The minimum absolute atomic E-state index is 1.14. The van der Waals surface area contributed by atoms with E-state index < -0.39 is 0 Å². The van der Waals surface area contributed by atoms with Gasteiger partial charge in [-0.15, -0.1) is 0 Å². The monoisotopic (exact) mass is 330 g/mol. The molecule has 0 atom stereocenters. The second kappa shape index (κ2) is 6.31. The molecule has 4 rings (SSSR count). The van der Waals surface area contributed by atoms with Crippen molar-refractivity contribution in [3.63, 3.8) is 0 Å². The second-order valence-corrected chi connectivity index (χ2v) is 8.59. The summed E-state index contributed by atoms with van der Waals surface area (Å²) in [6.07, 6.45) is 0. The van der Waals surface area contributed by atoms with Crippen molar-refractivity contribution < 1.29 is 0 Å². The third-order valence-corrected chi connectivity index (χ3v) is 7.28. The van der Waals surface area contributed by atoms with Crippen LogP contribution in [-0.2, 0) is 34.5 Å². The Kier molecular flexibility index (Phi) is 4.24. The molecule has 108 valence electrons. The van der Waals surface area contributed by atoms with Gasteiger partial charge in [-0.2, -0.15) is 35.3 Å². The normalized spacial score (nSPS) is 17.7. The first-order valence-electron chi connectivity index (χ1n) is 7.34. The van der Waals surface area contributed by atoms with Gasteiger partial charge in [0.05, 0.1) is 0 Å². The molecule has 0 aromatic heterocycles. The lowest BCUT2D eigenvalue weighted by Crippen LogP contribution is -1.99. The number of rotatable bonds is 0. The van der Waals surface area contributed by atoms with Gasteiger partial charge in [0.1, 0.15) is 0 Å². The molecule has 3 heteroatoms. The molecule has 2 aromatic rings. The van der Waals surface area contributed by atoms with E-state index >= 15 is 0 Å². The SMILES string of the molecule is c1ccc2c(c1)CSCc1cc3c(cc1CSC2)CSC3. The zero-order valence-electron chi connectivity index (χ0n) is 11.9. The van der Waals surface area contributed by atoms with E-state index in [1.165, 1.54) is 22.6 Å². The first-order valence-corrected chi connectivity index (χ1v) is 10.8. The number of thioether (sulfide) groups is 3. The van der Waals surface area contributed by atoms with Gasteiger partial charge in [-0.05, 0) is 33.4 Å².